The third-order valence-electron chi connectivity index (χ3n) is 28.7. The maximum absolute atomic E-state index is 12.7. The molecule has 6 saturated heterocycles. The molecule has 0 aliphatic carbocycles. The van der Waals surface area contributed by atoms with Crippen molar-refractivity contribution >= 4 is 129 Å². The van der Waals surface area contributed by atoms with Gasteiger partial charge < -0.3 is 29.4 Å². The van der Waals surface area contributed by atoms with Gasteiger partial charge in [0.1, 0.15) is 0 Å². The Morgan fingerprint density at radius 1 is 0.260 bits per heavy atom. The van der Waals surface area contributed by atoms with E-state index in [0.717, 1.165) is 270 Å². The lowest BCUT2D eigenvalue weighted by Crippen LogP contribution is -2.37. The molecule has 0 unspecified atom stereocenters. The summed E-state index contributed by atoms with van der Waals surface area (Å²) in [6, 6.07) is 52.1. The quantitative estimate of drug-likeness (QED) is 0.0489. The van der Waals surface area contributed by atoms with E-state index in [4.69, 9.17) is 23.2 Å². The van der Waals surface area contributed by atoms with Gasteiger partial charge in [-0.15, -0.1) is 70.6 Å². The van der Waals surface area contributed by atoms with Crippen molar-refractivity contribution < 1.29 is 28.8 Å². The number of benzene rings is 6. The number of halogens is 2. The summed E-state index contributed by atoms with van der Waals surface area (Å²) < 4.78 is 0. The lowest BCUT2D eigenvalue weighted by atomic mass is 9.99. The van der Waals surface area contributed by atoms with Crippen LogP contribution >= 0.6 is 93.8 Å². The van der Waals surface area contributed by atoms with Gasteiger partial charge in [0, 0.05) is 222 Å². The summed E-state index contributed by atoms with van der Waals surface area (Å²) in [4.78, 5) is 121. The molecular weight excluding hydrogens is 2020 g/mol. The van der Waals surface area contributed by atoms with Crippen LogP contribution in [0.3, 0.4) is 0 Å². The Kier molecular flexibility index (Phi) is 46.1. The zero-order valence-corrected chi connectivity index (χ0v) is 96.7. The van der Waals surface area contributed by atoms with E-state index in [2.05, 4.69) is 230 Å². The van der Waals surface area contributed by atoms with Crippen molar-refractivity contribution in [2.75, 3.05) is 78.5 Å². The Balaban J connectivity index is 0.000000150. The molecule has 6 fully saturated rings. The van der Waals surface area contributed by atoms with Crippen molar-refractivity contribution in [3.63, 3.8) is 0 Å². The molecule has 792 valence electrons. The van der Waals surface area contributed by atoms with Crippen LogP contribution in [0, 0.1) is 90.9 Å². The van der Waals surface area contributed by atoms with E-state index in [9.17, 15) is 28.8 Å². The van der Waals surface area contributed by atoms with E-state index in [0.29, 0.717) is 49.5 Å². The predicted molar refractivity (Wildman–Crippen MR) is 625 cm³/mol. The zero-order valence-electron chi connectivity index (χ0n) is 90.3. The molecule has 6 amide bonds. The maximum Gasteiger partial charge on any atom is 0.255 e. The largest absolute Gasteiger partial charge is 0.339 e. The van der Waals surface area contributed by atoms with Crippen molar-refractivity contribution in [2.45, 2.75) is 251 Å². The SMILES string of the molecule is CCc1ccccc1SCc1cncc(C(=O)N2CCC(C)CC2)c1.Cc1cc(SCc2cncc(C(=O)N3CCC(C)CC3)c2)c(Cl)cc1Cl.Cc1ccc(C)c(SCc2cncc(C(=O)N3CCC(C)CC3)c2)c1.Cc1ccc(SCc2cncc(C(=O)N3CCC(C)CC3)c2)c(C)c1.Cc1cccc(C)c1SCc1cncc(C(=O)N2CCC(C)CC2)c1.Cc1cccc(SCc2cncc(C(=O)N3CCC(C)CC3)c2)c1. The Hall–Kier alpha value is -10.3. The van der Waals surface area contributed by atoms with Gasteiger partial charge in [-0.05, 0) is 320 Å². The molecule has 12 heterocycles. The van der Waals surface area contributed by atoms with Crippen LogP contribution in [0.2, 0.25) is 10.0 Å². The first-order chi connectivity index (χ1) is 72.3. The molecule has 26 heteroatoms. The molecule has 18 rings (SSSR count). The molecule has 12 aromatic rings. The molecule has 0 radical (unpaired) electrons. The van der Waals surface area contributed by atoms with Gasteiger partial charge in [-0.25, -0.2) is 0 Å². The van der Waals surface area contributed by atoms with E-state index < -0.39 is 0 Å². The fraction of sp³-hybridized carbons (Fsp3) is 0.419. The highest BCUT2D eigenvalue weighted by Gasteiger charge is 2.30. The van der Waals surface area contributed by atoms with Crippen molar-refractivity contribution in [3.05, 3.63) is 353 Å². The second-order valence-electron chi connectivity index (χ2n) is 41.6. The summed E-state index contributed by atoms with van der Waals surface area (Å²) in [5.41, 5.74) is 22.1. The first-order valence-electron chi connectivity index (χ1n) is 53.3. The first-order valence-corrected chi connectivity index (χ1v) is 60.0. The molecule has 0 spiro atoms. The molecule has 18 nitrogen and oxygen atoms in total. The fourth-order valence-corrected chi connectivity index (χ4v) is 25.2. The minimum Gasteiger partial charge on any atom is -0.339 e. The van der Waals surface area contributed by atoms with Gasteiger partial charge in [0.05, 0.1) is 38.4 Å². The van der Waals surface area contributed by atoms with Crippen LogP contribution in [0.5, 0.6) is 0 Å². The third-order valence-corrected chi connectivity index (χ3v) is 36.8. The van der Waals surface area contributed by atoms with Crippen molar-refractivity contribution in [2.24, 2.45) is 35.5 Å². The number of hydrogen-bond donors (Lipinski definition) is 0. The van der Waals surface area contributed by atoms with Gasteiger partial charge in [0.25, 0.3) is 35.4 Å². The van der Waals surface area contributed by atoms with Crippen molar-refractivity contribution in [3.8, 4) is 0 Å². The molecular formula is C124H150Cl2N12O6S6. The summed E-state index contributed by atoms with van der Waals surface area (Å²) in [7, 11) is 0. The molecule has 6 aromatic carbocycles. The standard InChI is InChI=1S/4C21H26N2OS.C20H22Cl2N2OS.C20H24N2OS/c1-15-6-8-23(9-7-15)21(24)19-11-18(12-22-13-19)14-25-20-5-4-16(2)10-17(20)3;1-15-6-8-23(9-7-15)21(24)19-11-18(12-22-13-19)14-25-20-10-16(2)4-5-17(20)3;1-15-7-9-23(10-8-15)21(24)19-11-18(12-22-13-19)14-25-20-16(2)5-4-6-17(20)3;1-3-18-6-4-5-7-20(18)25-15-17-12-19(14-22-13-17)21(24)23-10-8-16(2)9-11-23;1-13-3-5-24(6-4-13)20(25)16-8-15(10-23-11-16)12-26-19-7-14(2)17(21)9-18(19)22;1-15-6-8-22(9-7-15)20(23)18-11-17(12-21-13-18)14-24-19-5-3-4-16(2)10-19/h2*4-5,10-13,15H,6-9,14H2,1-3H3;4-6,11-13,15H,7-10,14H2,1-3H3;4-7,12-14,16H,3,8-11,15H2,1-2H3;7-11,13H,3-6,12H2,1-2H3;3-5,10-13,15H,6-9,14H2,1-2H3. The number of thioether (sulfide) groups is 6. The molecule has 6 aliphatic rings. The highest BCUT2D eigenvalue weighted by atomic mass is 35.5. The second-order valence-corrected chi connectivity index (χ2v) is 48.6. The maximum atomic E-state index is 12.7. The number of piperidine rings is 6. The van der Waals surface area contributed by atoms with Gasteiger partial charge >= 0.3 is 0 Å². The van der Waals surface area contributed by atoms with Crippen LogP contribution in [-0.2, 0) is 40.9 Å². The number of pyridine rings is 6. The zero-order chi connectivity index (χ0) is 107. The average Bonchev–Trinajstić information content (AvgIpc) is 0.853. The summed E-state index contributed by atoms with van der Waals surface area (Å²) in [6.07, 6.45) is 35.5. The van der Waals surface area contributed by atoms with Crippen LogP contribution in [0.25, 0.3) is 0 Å². The van der Waals surface area contributed by atoms with Crippen LogP contribution in [0.15, 0.2) is 255 Å². The van der Waals surface area contributed by atoms with Crippen molar-refractivity contribution in [1.29, 1.82) is 0 Å². The summed E-state index contributed by atoms with van der Waals surface area (Å²) in [6.45, 7) is 42.9. The number of nitrogens with zero attached hydrogens (tertiary/aromatic N) is 12. The number of carbonyl (C=O) groups excluding carboxylic acids is 6. The van der Waals surface area contributed by atoms with Crippen molar-refractivity contribution in [1.82, 2.24) is 59.3 Å². The third kappa shape index (κ3) is 36.2. The second kappa shape index (κ2) is 59.3. The number of aryl methyl sites for hydroxylation is 9. The molecule has 0 N–H and O–H groups in total. The minimum absolute atomic E-state index is 0.0802. The van der Waals surface area contributed by atoms with E-state index in [1.807, 2.05) is 133 Å². The molecule has 6 aromatic heterocycles. The van der Waals surface area contributed by atoms with Gasteiger partial charge in [0.15, 0.2) is 0 Å². The number of aromatic nitrogens is 6. The van der Waals surface area contributed by atoms with E-state index in [-0.39, 0.29) is 35.4 Å². The fourth-order valence-electron chi connectivity index (χ4n) is 18.7. The van der Waals surface area contributed by atoms with Gasteiger partial charge in [-0.3, -0.25) is 58.7 Å². The monoisotopic (exact) mass is 2160 g/mol. The van der Waals surface area contributed by atoms with E-state index in [1.54, 1.807) is 96.5 Å². The molecule has 6 aliphatic heterocycles. The highest BCUT2D eigenvalue weighted by molar-refractivity contribution is 7.99. The highest BCUT2D eigenvalue weighted by Crippen LogP contribution is 2.38. The average molecular weight is 2170 g/mol. The normalized spacial score (nSPS) is 15.4. The van der Waals surface area contributed by atoms with E-state index in [1.165, 1.54) is 69.0 Å². The summed E-state index contributed by atoms with van der Waals surface area (Å²) in [5, 5.41) is 1.32. The molecule has 0 atom stereocenters. The molecule has 0 saturated carbocycles. The van der Waals surface area contributed by atoms with E-state index >= 15 is 0 Å². The topological polar surface area (TPSA) is 199 Å². The Morgan fingerprint density at radius 2 is 0.560 bits per heavy atom. The lowest BCUT2D eigenvalue weighted by molar-refractivity contribution is 0.0689. The number of rotatable bonds is 25. The number of hydrogen-bond acceptors (Lipinski definition) is 18. The smallest absolute Gasteiger partial charge is 0.255 e. The Morgan fingerprint density at radius 3 is 0.907 bits per heavy atom. The summed E-state index contributed by atoms with van der Waals surface area (Å²) >= 11 is 23.0. The number of amides is 6. The molecule has 0 bridgehead atoms. The Labute approximate surface area is 927 Å². The first kappa shape index (κ1) is 117. The van der Waals surface area contributed by atoms with Gasteiger partial charge in [0.2, 0.25) is 0 Å². The molecule has 150 heavy (non-hydrogen) atoms. The lowest BCUT2D eigenvalue weighted by Gasteiger charge is -2.30. The Bertz CT molecular complexity index is 6460. The van der Waals surface area contributed by atoms with Crippen LogP contribution in [0.4, 0.5) is 0 Å². The van der Waals surface area contributed by atoms with Gasteiger partial charge in [-0.2, -0.15) is 0 Å². The van der Waals surface area contributed by atoms with Crippen LogP contribution in [0.1, 0.15) is 271 Å². The van der Waals surface area contributed by atoms with Gasteiger partial charge in [-0.1, -0.05) is 161 Å². The number of likely N-dealkylation sites (tertiary alicyclic amines) is 6. The van der Waals surface area contributed by atoms with Crippen LogP contribution < -0.4 is 0 Å². The minimum atomic E-state index is 0.0802. The number of carbonyl (C=O) groups is 6. The predicted octanol–water partition coefficient (Wildman–Crippen LogP) is 29.8. The summed E-state index contributed by atoms with van der Waals surface area (Å²) in [5.74, 6) is 9.87. The van der Waals surface area contributed by atoms with Crippen LogP contribution in [-0.4, -0.2) is 173 Å².